The van der Waals surface area contributed by atoms with Crippen LogP contribution in [0.3, 0.4) is 0 Å². The number of ether oxygens (including phenoxy) is 1. The van der Waals surface area contributed by atoms with Gasteiger partial charge in [0, 0.05) is 20.4 Å². The fourth-order valence-corrected chi connectivity index (χ4v) is 6.44. The lowest BCUT2D eigenvalue weighted by molar-refractivity contribution is 0.0600. The van der Waals surface area contributed by atoms with Gasteiger partial charge in [-0.05, 0) is 47.3 Å². The fourth-order valence-electron chi connectivity index (χ4n) is 3.02. The second-order valence-electron chi connectivity index (χ2n) is 6.55. The summed E-state index contributed by atoms with van der Waals surface area (Å²) in [5.41, 5.74) is 2.09. The number of anilines is 1. The first-order valence-corrected chi connectivity index (χ1v) is 12.6. The van der Waals surface area contributed by atoms with E-state index in [0.29, 0.717) is 22.0 Å². The first-order chi connectivity index (χ1) is 15.0. The Morgan fingerprint density at radius 1 is 1.10 bits per heavy atom. The number of halogens is 1. The third-order valence-electron chi connectivity index (χ3n) is 4.54. The van der Waals surface area contributed by atoms with Crippen LogP contribution in [0.4, 0.5) is 5.69 Å². The lowest BCUT2D eigenvalue weighted by atomic mass is 10.1. The van der Waals surface area contributed by atoms with Crippen molar-refractivity contribution in [2.75, 3.05) is 11.8 Å². The summed E-state index contributed by atoms with van der Waals surface area (Å²) in [5, 5.41) is 1.62. The van der Waals surface area contributed by atoms with Crippen molar-refractivity contribution >= 4 is 67.4 Å². The molecule has 0 bridgehead atoms. The van der Waals surface area contributed by atoms with Crippen molar-refractivity contribution in [1.82, 2.24) is 0 Å². The average molecular weight is 488 g/mol. The minimum atomic E-state index is -1.42. The summed E-state index contributed by atoms with van der Waals surface area (Å²) < 4.78 is 22.8. The fraction of sp³-hybridized carbons (Fsp3) is 0.0870. The summed E-state index contributed by atoms with van der Waals surface area (Å²) in [6.07, 6.45) is 0. The van der Waals surface area contributed by atoms with Gasteiger partial charge >= 0.3 is 5.97 Å². The Bertz CT molecular complexity index is 1240. The summed E-state index contributed by atoms with van der Waals surface area (Å²) in [5.74, 6) is 0.188. The number of nitrogens with one attached hydrogen (secondary N) is 1. The maximum absolute atomic E-state index is 13.0. The molecule has 31 heavy (non-hydrogen) atoms. The zero-order chi connectivity index (χ0) is 21.8. The molecule has 158 valence electrons. The van der Waals surface area contributed by atoms with Gasteiger partial charge in [0.2, 0.25) is 0 Å². The van der Waals surface area contributed by atoms with E-state index >= 15 is 0 Å². The molecule has 4 nitrogen and oxygen atoms in total. The zero-order valence-corrected chi connectivity index (χ0v) is 19.7. The van der Waals surface area contributed by atoms with Gasteiger partial charge in [-0.2, -0.15) is 0 Å². The molecule has 1 unspecified atom stereocenters. The molecule has 1 aromatic heterocycles. The van der Waals surface area contributed by atoms with Gasteiger partial charge in [-0.15, -0.1) is 23.1 Å². The van der Waals surface area contributed by atoms with Crippen LogP contribution >= 0.6 is 34.7 Å². The molecule has 3 aromatic carbocycles. The van der Waals surface area contributed by atoms with E-state index in [0.717, 1.165) is 24.8 Å². The first kappa shape index (κ1) is 21.9. The van der Waals surface area contributed by atoms with Crippen LogP contribution in [0.1, 0.15) is 15.9 Å². The molecule has 1 N–H and O–H groups in total. The van der Waals surface area contributed by atoms with E-state index in [1.807, 2.05) is 54.6 Å². The SMILES string of the molecule is COC(=O)c1ccccc1CSc1ccc(Cl)cc1NS(=O)c1cc2ccccc2s1. The van der Waals surface area contributed by atoms with Crippen LogP contribution in [0.2, 0.25) is 5.02 Å². The number of carbonyl (C=O) groups is 1. The molecule has 1 heterocycles. The third kappa shape index (κ3) is 5.13. The summed E-state index contributed by atoms with van der Waals surface area (Å²) in [7, 11) is -0.0526. The first-order valence-electron chi connectivity index (χ1n) is 9.31. The number of benzene rings is 3. The largest absolute Gasteiger partial charge is 0.465 e. The molecule has 4 rings (SSSR count). The molecule has 8 heteroatoms. The standard InChI is InChI=1S/C23H18ClNO3S3/c1-28-23(26)18-8-4-2-7-16(18)14-29-21-11-10-17(24)13-19(21)25-31(27)22-12-15-6-3-5-9-20(15)30-22/h2-13,25H,14H2,1H3. The molecule has 0 saturated heterocycles. The van der Waals surface area contributed by atoms with Crippen molar-refractivity contribution in [3.05, 3.63) is 88.9 Å². The predicted octanol–water partition coefficient (Wildman–Crippen LogP) is 6.77. The summed E-state index contributed by atoms with van der Waals surface area (Å²) in [6.45, 7) is 0. The van der Waals surface area contributed by atoms with E-state index < -0.39 is 11.0 Å². The maximum Gasteiger partial charge on any atom is 0.338 e. The van der Waals surface area contributed by atoms with Crippen LogP contribution in [-0.2, 0) is 21.5 Å². The Balaban J connectivity index is 1.55. The lowest BCUT2D eigenvalue weighted by Crippen LogP contribution is -2.05. The second-order valence-corrected chi connectivity index (χ2v) is 10.5. The number of hydrogen-bond acceptors (Lipinski definition) is 5. The summed E-state index contributed by atoms with van der Waals surface area (Å²) in [4.78, 5) is 12.9. The van der Waals surface area contributed by atoms with Crippen LogP contribution in [0.15, 0.2) is 81.9 Å². The van der Waals surface area contributed by atoms with Crippen LogP contribution in [-0.4, -0.2) is 17.3 Å². The maximum atomic E-state index is 13.0. The molecule has 4 aromatic rings. The van der Waals surface area contributed by atoms with Gasteiger partial charge in [-0.3, -0.25) is 4.72 Å². The van der Waals surface area contributed by atoms with Crippen LogP contribution in [0.25, 0.3) is 10.1 Å². The van der Waals surface area contributed by atoms with E-state index in [1.165, 1.54) is 30.2 Å². The van der Waals surface area contributed by atoms with E-state index in [9.17, 15) is 9.00 Å². The van der Waals surface area contributed by atoms with Crippen LogP contribution in [0.5, 0.6) is 0 Å². The van der Waals surface area contributed by atoms with Gasteiger partial charge in [0.25, 0.3) is 0 Å². The molecule has 0 aliphatic rings. The van der Waals surface area contributed by atoms with Crippen molar-refractivity contribution in [2.45, 2.75) is 14.9 Å². The quantitative estimate of drug-likeness (QED) is 0.231. The molecular weight excluding hydrogens is 470 g/mol. The number of esters is 1. The number of thioether (sulfide) groups is 1. The zero-order valence-electron chi connectivity index (χ0n) is 16.5. The highest BCUT2D eigenvalue weighted by Crippen LogP contribution is 2.35. The monoisotopic (exact) mass is 487 g/mol. The molecule has 1 atom stereocenters. The molecule has 0 aliphatic carbocycles. The third-order valence-corrected chi connectivity index (χ3v) is 8.40. The smallest absolute Gasteiger partial charge is 0.338 e. The minimum absolute atomic E-state index is 0.364. The Hall–Kier alpha value is -2.32. The van der Waals surface area contributed by atoms with Gasteiger partial charge in [-0.25, -0.2) is 9.00 Å². The van der Waals surface area contributed by atoms with Gasteiger partial charge in [0.05, 0.1) is 18.4 Å². The molecule has 0 spiro atoms. The average Bonchev–Trinajstić information content (AvgIpc) is 3.23. The minimum Gasteiger partial charge on any atom is -0.465 e. The van der Waals surface area contributed by atoms with Crippen LogP contribution in [0, 0.1) is 0 Å². The Morgan fingerprint density at radius 3 is 2.68 bits per heavy atom. The number of methoxy groups -OCH3 is 1. The number of thiophene rings is 1. The van der Waals surface area contributed by atoms with Crippen molar-refractivity contribution in [3.63, 3.8) is 0 Å². The summed E-state index contributed by atoms with van der Waals surface area (Å²) >= 11 is 9.24. The topological polar surface area (TPSA) is 55.4 Å². The van der Waals surface area contributed by atoms with Gasteiger partial charge < -0.3 is 4.74 Å². The van der Waals surface area contributed by atoms with Gasteiger partial charge in [0.15, 0.2) is 11.0 Å². The number of rotatable bonds is 7. The molecule has 0 aliphatic heterocycles. The highest BCUT2D eigenvalue weighted by molar-refractivity contribution is 7.98. The Labute approximate surface area is 196 Å². The number of hydrogen-bond donors (Lipinski definition) is 1. The van der Waals surface area contributed by atoms with E-state index in [4.69, 9.17) is 16.3 Å². The Kier molecular flexibility index (Phi) is 6.97. The summed E-state index contributed by atoms with van der Waals surface area (Å²) in [6, 6.07) is 22.7. The van der Waals surface area contributed by atoms with E-state index in [1.54, 1.807) is 18.2 Å². The molecule has 0 saturated carbocycles. The van der Waals surface area contributed by atoms with Crippen molar-refractivity contribution in [2.24, 2.45) is 0 Å². The molecule has 0 fully saturated rings. The number of carbonyl (C=O) groups excluding carboxylic acids is 1. The highest BCUT2D eigenvalue weighted by Gasteiger charge is 2.15. The van der Waals surface area contributed by atoms with Crippen molar-refractivity contribution in [3.8, 4) is 0 Å². The van der Waals surface area contributed by atoms with Crippen molar-refractivity contribution < 1.29 is 13.7 Å². The molecular formula is C23H18ClNO3S3. The second kappa shape index (κ2) is 9.87. The lowest BCUT2D eigenvalue weighted by Gasteiger charge is -2.12. The van der Waals surface area contributed by atoms with Gasteiger partial charge in [0.1, 0.15) is 4.21 Å². The van der Waals surface area contributed by atoms with Gasteiger partial charge in [-0.1, -0.05) is 48.0 Å². The predicted molar refractivity (Wildman–Crippen MR) is 131 cm³/mol. The number of fused-ring (bicyclic) bond motifs is 1. The van der Waals surface area contributed by atoms with E-state index in [-0.39, 0.29) is 5.97 Å². The Morgan fingerprint density at radius 2 is 1.87 bits per heavy atom. The van der Waals surface area contributed by atoms with E-state index in [2.05, 4.69) is 4.72 Å². The van der Waals surface area contributed by atoms with Crippen molar-refractivity contribution in [1.29, 1.82) is 0 Å². The molecule has 0 amide bonds. The normalized spacial score (nSPS) is 11.9. The highest BCUT2D eigenvalue weighted by atomic mass is 35.5. The molecule has 0 radical (unpaired) electrons. The van der Waals surface area contributed by atoms with Crippen LogP contribution < -0.4 is 4.72 Å².